The van der Waals surface area contributed by atoms with E-state index in [2.05, 4.69) is 12.2 Å². The van der Waals surface area contributed by atoms with Crippen LogP contribution in [0.4, 0.5) is 0 Å². The van der Waals surface area contributed by atoms with Crippen LogP contribution in [0.1, 0.15) is 18.2 Å². The second-order valence-electron chi connectivity index (χ2n) is 2.58. The van der Waals surface area contributed by atoms with Crippen molar-refractivity contribution in [1.29, 1.82) is 0 Å². The van der Waals surface area contributed by atoms with E-state index in [0.29, 0.717) is 6.61 Å². The first-order valence-electron chi connectivity index (χ1n) is 4.13. The maximum Gasteiger partial charge on any atom is 0.123 e. The maximum atomic E-state index is 5.28. The molecule has 0 aliphatic rings. The zero-order valence-electron chi connectivity index (χ0n) is 7.59. The number of furan rings is 1. The summed E-state index contributed by atoms with van der Waals surface area (Å²) in [5.41, 5.74) is 1.12. The average molecular weight is 169 g/mol. The summed E-state index contributed by atoms with van der Waals surface area (Å²) in [4.78, 5) is 0. The molecule has 0 aliphatic heterocycles. The van der Waals surface area contributed by atoms with Crippen LogP contribution < -0.4 is 5.32 Å². The molecule has 12 heavy (non-hydrogen) atoms. The standard InChI is InChI=1S/C9H15NO2/c1-3-10-6-9-8(7-11-2)4-5-12-9/h4-5,10H,3,6-7H2,1-2H3. The van der Waals surface area contributed by atoms with E-state index in [1.54, 1.807) is 13.4 Å². The minimum atomic E-state index is 0.622. The number of rotatable bonds is 5. The van der Waals surface area contributed by atoms with Gasteiger partial charge >= 0.3 is 0 Å². The van der Waals surface area contributed by atoms with Gasteiger partial charge in [-0.3, -0.25) is 0 Å². The van der Waals surface area contributed by atoms with Gasteiger partial charge in [0.25, 0.3) is 0 Å². The monoisotopic (exact) mass is 169 g/mol. The van der Waals surface area contributed by atoms with Gasteiger partial charge in [-0.15, -0.1) is 0 Å². The highest BCUT2D eigenvalue weighted by Crippen LogP contribution is 2.10. The van der Waals surface area contributed by atoms with Gasteiger partial charge in [-0.25, -0.2) is 0 Å². The zero-order valence-corrected chi connectivity index (χ0v) is 7.59. The van der Waals surface area contributed by atoms with E-state index in [-0.39, 0.29) is 0 Å². The molecular formula is C9H15NO2. The number of hydrogen-bond acceptors (Lipinski definition) is 3. The van der Waals surface area contributed by atoms with Crippen molar-refractivity contribution in [3.8, 4) is 0 Å². The van der Waals surface area contributed by atoms with Crippen LogP contribution in [0.5, 0.6) is 0 Å². The Bertz CT molecular complexity index is 220. The molecule has 0 aliphatic carbocycles. The van der Waals surface area contributed by atoms with E-state index in [1.807, 2.05) is 6.07 Å². The molecule has 1 N–H and O–H groups in total. The summed E-state index contributed by atoms with van der Waals surface area (Å²) in [7, 11) is 1.68. The number of ether oxygens (including phenoxy) is 1. The Morgan fingerprint density at radius 2 is 2.42 bits per heavy atom. The highest BCUT2D eigenvalue weighted by Gasteiger charge is 2.03. The first-order valence-corrected chi connectivity index (χ1v) is 4.13. The molecule has 1 heterocycles. The first kappa shape index (κ1) is 9.29. The van der Waals surface area contributed by atoms with Gasteiger partial charge in [-0.1, -0.05) is 6.92 Å². The lowest BCUT2D eigenvalue weighted by Gasteiger charge is -2.01. The number of nitrogens with one attached hydrogen (secondary N) is 1. The smallest absolute Gasteiger partial charge is 0.123 e. The molecule has 0 unspecified atom stereocenters. The van der Waals surface area contributed by atoms with Crippen molar-refractivity contribution in [3.05, 3.63) is 23.7 Å². The molecule has 3 heteroatoms. The van der Waals surface area contributed by atoms with Crippen molar-refractivity contribution in [1.82, 2.24) is 5.32 Å². The fourth-order valence-corrected chi connectivity index (χ4v) is 1.04. The second-order valence-corrected chi connectivity index (χ2v) is 2.58. The van der Waals surface area contributed by atoms with Crippen LogP contribution in [-0.4, -0.2) is 13.7 Å². The van der Waals surface area contributed by atoms with Crippen LogP contribution >= 0.6 is 0 Å². The topological polar surface area (TPSA) is 34.4 Å². The Balaban J connectivity index is 2.51. The summed E-state index contributed by atoms with van der Waals surface area (Å²) in [5.74, 6) is 0.971. The zero-order chi connectivity index (χ0) is 8.81. The van der Waals surface area contributed by atoms with Gasteiger partial charge in [0.05, 0.1) is 19.4 Å². The molecule has 0 atom stereocenters. The Kier molecular flexibility index (Phi) is 3.84. The van der Waals surface area contributed by atoms with E-state index in [9.17, 15) is 0 Å². The molecule has 0 aromatic carbocycles. The SMILES string of the molecule is CCNCc1occc1COC. The van der Waals surface area contributed by atoms with Gasteiger partial charge in [-0.05, 0) is 12.6 Å². The number of methoxy groups -OCH3 is 1. The minimum absolute atomic E-state index is 0.622. The average Bonchev–Trinajstić information content (AvgIpc) is 2.50. The Morgan fingerprint density at radius 3 is 3.08 bits per heavy atom. The maximum absolute atomic E-state index is 5.28. The van der Waals surface area contributed by atoms with E-state index in [1.165, 1.54) is 0 Å². The summed E-state index contributed by atoms with van der Waals surface area (Å²) < 4.78 is 10.3. The van der Waals surface area contributed by atoms with Crippen molar-refractivity contribution in [2.45, 2.75) is 20.1 Å². The van der Waals surface area contributed by atoms with Gasteiger partial charge in [-0.2, -0.15) is 0 Å². The van der Waals surface area contributed by atoms with Crippen molar-refractivity contribution in [2.24, 2.45) is 0 Å². The third-order valence-electron chi connectivity index (χ3n) is 1.67. The molecular weight excluding hydrogens is 154 g/mol. The summed E-state index contributed by atoms with van der Waals surface area (Å²) in [6.45, 7) is 4.42. The van der Waals surface area contributed by atoms with Gasteiger partial charge in [0.15, 0.2) is 0 Å². The highest BCUT2D eigenvalue weighted by atomic mass is 16.5. The molecule has 68 valence electrons. The minimum Gasteiger partial charge on any atom is -0.468 e. The summed E-state index contributed by atoms with van der Waals surface area (Å²) >= 11 is 0. The van der Waals surface area contributed by atoms with E-state index in [4.69, 9.17) is 9.15 Å². The summed E-state index contributed by atoms with van der Waals surface area (Å²) in [6.07, 6.45) is 1.70. The van der Waals surface area contributed by atoms with Crippen LogP contribution in [0.15, 0.2) is 16.7 Å². The van der Waals surface area contributed by atoms with Crippen LogP contribution in [0.3, 0.4) is 0 Å². The van der Waals surface area contributed by atoms with Crippen molar-refractivity contribution in [2.75, 3.05) is 13.7 Å². The van der Waals surface area contributed by atoms with Crippen molar-refractivity contribution >= 4 is 0 Å². The molecule has 0 bridgehead atoms. The predicted molar refractivity (Wildman–Crippen MR) is 46.8 cm³/mol. The quantitative estimate of drug-likeness (QED) is 0.726. The lowest BCUT2D eigenvalue weighted by atomic mass is 10.2. The molecule has 0 radical (unpaired) electrons. The van der Waals surface area contributed by atoms with E-state index >= 15 is 0 Å². The molecule has 3 nitrogen and oxygen atoms in total. The number of hydrogen-bond donors (Lipinski definition) is 1. The second kappa shape index (κ2) is 4.95. The molecule has 0 fully saturated rings. The van der Waals surface area contributed by atoms with Crippen LogP contribution in [0.2, 0.25) is 0 Å². The van der Waals surface area contributed by atoms with Crippen molar-refractivity contribution < 1.29 is 9.15 Å². The Morgan fingerprint density at radius 1 is 1.58 bits per heavy atom. The molecule has 0 spiro atoms. The largest absolute Gasteiger partial charge is 0.468 e. The summed E-state index contributed by atoms with van der Waals surface area (Å²) in [6, 6.07) is 1.94. The summed E-state index contributed by atoms with van der Waals surface area (Å²) in [5, 5.41) is 3.20. The van der Waals surface area contributed by atoms with Gasteiger partial charge in [0, 0.05) is 12.7 Å². The van der Waals surface area contributed by atoms with Crippen molar-refractivity contribution in [3.63, 3.8) is 0 Å². The van der Waals surface area contributed by atoms with E-state index in [0.717, 1.165) is 24.4 Å². The fourth-order valence-electron chi connectivity index (χ4n) is 1.04. The van der Waals surface area contributed by atoms with Gasteiger partial charge in [0.2, 0.25) is 0 Å². The third-order valence-corrected chi connectivity index (χ3v) is 1.67. The molecule has 1 aromatic heterocycles. The van der Waals surface area contributed by atoms with Crippen LogP contribution in [-0.2, 0) is 17.9 Å². The normalized spacial score (nSPS) is 10.5. The van der Waals surface area contributed by atoms with Gasteiger partial charge < -0.3 is 14.5 Å². The lowest BCUT2D eigenvalue weighted by Crippen LogP contribution is -2.12. The molecule has 0 saturated heterocycles. The molecule has 1 aromatic rings. The fraction of sp³-hybridized carbons (Fsp3) is 0.556. The van der Waals surface area contributed by atoms with Crippen LogP contribution in [0, 0.1) is 0 Å². The van der Waals surface area contributed by atoms with Gasteiger partial charge in [0.1, 0.15) is 5.76 Å². The third kappa shape index (κ3) is 2.36. The highest BCUT2D eigenvalue weighted by molar-refractivity contribution is 5.15. The predicted octanol–water partition coefficient (Wildman–Crippen LogP) is 1.54. The molecule has 0 amide bonds. The first-order chi connectivity index (χ1) is 5.88. The Hall–Kier alpha value is -0.800. The molecule has 0 saturated carbocycles. The van der Waals surface area contributed by atoms with Crippen LogP contribution in [0.25, 0.3) is 0 Å². The lowest BCUT2D eigenvalue weighted by molar-refractivity contribution is 0.183. The van der Waals surface area contributed by atoms with E-state index < -0.39 is 0 Å². The Labute approximate surface area is 72.7 Å². The molecule has 1 rings (SSSR count).